The SMILES string of the molecule is CN=C(NCC1CCCCO1)N1CCC(C2(C)NC(=O)NC2=O)CC1.I. The normalized spacial score (nSPS) is 30.5. The number of aliphatic imine (C=N–C) groups is 1. The van der Waals surface area contributed by atoms with Crippen molar-refractivity contribution in [2.24, 2.45) is 10.9 Å². The molecule has 0 aromatic heterocycles. The van der Waals surface area contributed by atoms with Gasteiger partial charge in [0.1, 0.15) is 5.54 Å². The number of imide groups is 1. The summed E-state index contributed by atoms with van der Waals surface area (Å²) in [6.45, 7) is 5.08. The molecule has 0 aliphatic carbocycles. The van der Waals surface area contributed by atoms with Crippen LogP contribution < -0.4 is 16.0 Å². The number of amides is 3. The van der Waals surface area contributed by atoms with E-state index in [1.54, 1.807) is 7.05 Å². The highest BCUT2D eigenvalue weighted by Crippen LogP contribution is 2.30. The molecule has 0 radical (unpaired) electrons. The van der Waals surface area contributed by atoms with Crippen molar-refractivity contribution in [3.8, 4) is 0 Å². The molecule has 3 aliphatic heterocycles. The van der Waals surface area contributed by atoms with Gasteiger partial charge in [-0.1, -0.05) is 0 Å². The van der Waals surface area contributed by atoms with Gasteiger partial charge in [0.05, 0.1) is 6.10 Å². The summed E-state index contributed by atoms with van der Waals surface area (Å²) in [5.74, 6) is 0.806. The van der Waals surface area contributed by atoms with E-state index in [-0.39, 0.29) is 47.9 Å². The van der Waals surface area contributed by atoms with Crippen LogP contribution in [0.15, 0.2) is 4.99 Å². The minimum Gasteiger partial charge on any atom is -0.376 e. The van der Waals surface area contributed by atoms with Crippen LogP contribution in [-0.2, 0) is 9.53 Å². The Morgan fingerprint density at radius 2 is 2.04 bits per heavy atom. The van der Waals surface area contributed by atoms with Crippen molar-refractivity contribution >= 4 is 41.9 Å². The number of urea groups is 1. The van der Waals surface area contributed by atoms with E-state index in [1.807, 2.05) is 6.92 Å². The van der Waals surface area contributed by atoms with E-state index >= 15 is 0 Å². The summed E-state index contributed by atoms with van der Waals surface area (Å²) in [6, 6.07) is -0.389. The van der Waals surface area contributed by atoms with Gasteiger partial charge in [-0.25, -0.2) is 4.79 Å². The van der Waals surface area contributed by atoms with Gasteiger partial charge in [-0.05, 0) is 44.9 Å². The van der Waals surface area contributed by atoms with Crippen LogP contribution in [0.25, 0.3) is 0 Å². The van der Waals surface area contributed by atoms with E-state index in [9.17, 15) is 9.59 Å². The minimum absolute atomic E-state index is 0. The number of carbonyl (C=O) groups excluding carboxylic acids is 2. The molecule has 8 nitrogen and oxygen atoms in total. The second-order valence-electron chi connectivity index (χ2n) is 7.29. The molecule has 3 rings (SSSR count). The molecule has 3 saturated heterocycles. The monoisotopic (exact) mass is 479 g/mol. The van der Waals surface area contributed by atoms with E-state index in [0.29, 0.717) is 0 Å². The number of likely N-dealkylation sites (tertiary alicyclic amines) is 1. The quantitative estimate of drug-likeness (QED) is 0.244. The van der Waals surface area contributed by atoms with Crippen molar-refractivity contribution in [2.75, 3.05) is 33.3 Å². The summed E-state index contributed by atoms with van der Waals surface area (Å²) in [5, 5.41) is 8.57. The molecule has 3 N–H and O–H groups in total. The molecule has 0 aromatic rings. The number of nitrogens with zero attached hydrogens (tertiary/aromatic N) is 2. The molecule has 9 heteroatoms. The maximum Gasteiger partial charge on any atom is 0.322 e. The molecule has 2 unspecified atom stereocenters. The molecule has 0 saturated carbocycles. The lowest BCUT2D eigenvalue weighted by atomic mass is 9.79. The summed E-state index contributed by atoms with van der Waals surface area (Å²) in [6.07, 6.45) is 5.42. The molecule has 0 bridgehead atoms. The van der Waals surface area contributed by atoms with Gasteiger partial charge >= 0.3 is 6.03 Å². The number of guanidine groups is 1. The number of ether oxygens (including phenoxy) is 1. The average molecular weight is 479 g/mol. The van der Waals surface area contributed by atoms with Crippen molar-refractivity contribution < 1.29 is 14.3 Å². The number of piperidine rings is 1. The fourth-order valence-corrected chi connectivity index (χ4v) is 4.02. The van der Waals surface area contributed by atoms with Crippen LogP contribution in [0.2, 0.25) is 0 Å². The first-order valence-corrected chi connectivity index (χ1v) is 9.23. The van der Waals surface area contributed by atoms with Gasteiger partial charge in [0.15, 0.2) is 5.96 Å². The zero-order chi connectivity index (χ0) is 17.9. The Labute approximate surface area is 171 Å². The van der Waals surface area contributed by atoms with Gasteiger partial charge in [0.25, 0.3) is 5.91 Å². The highest BCUT2D eigenvalue weighted by atomic mass is 127. The molecular formula is C17H30IN5O3. The van der Waals surface area contributed by atoms with Crippen molar-refractivity contribution in [3.05, 3.63) is 0 Å². The summed E-state index contributed by atoms with van der Waals surface area (Å²) in [4.78, 5) is 30.2. The molecule has 26 heavy (non-hydrogen) atoms. The second-order valence-corrected chi connectivity index (χ2v) is 7.29. The Hall–Kier alpha value is -1.10. The number of halogens is 1. The van der Waals surface area contributed by atoms with Gasteiger partial charge in [-0.15, -0.1) is 24.0 Å². The van der Waals surface area contributed by atoms with Crippen LogP contribution in [-0.4, -0.2) is 67.7 Å². The predicted molar refractivity (Wildman–Crippen MR) is 110 cm³/mol. The van der Waals surface area contributed by atoms with Crippen LogP contribution >= 0.6 is 24.0 Å². The third kappa shape index (κ3) is 4.59. The highest BCUT2D eigenvalue weighted by Gasteiger charge is 2.48. The first-order chi connectivity index (χ1) is 12.0. The Balaban J connectivity index is 0.00000243. The highest BCUT2D eigenvalue weighted by molar-refractivity contribution is 14.0. The van der Waals surface area contributed by atoms with Crippen molar-refractivity contribution in [1.29, 1.82) is 0 Å². The van der Waals surface area contributed by atoms with Gasteiger partial charge < -0.3 is 20.3 Å². The topological polar surface area (TPSA) is 95.1 Å². The Morgan fingerprint density at radius 1 is 1.31 bits per heavy atom. The summed E-state index contributed by atoms with van der Waals surface area (Å²) in [5.41, 5.74) is -0.796. The molecule has 3 heterocycles. The van der Waals surface area contributed by atoms with Crippen LogP contribution in [0.1, 0.15) is 39.0 Å². The maximum absolute atomic E-state index is 12.1. The molecule has 0 spiro atoms. The predicted octanol–water partition coefficient (Wildman–Crippen LogP) is 1.06. The molecule has 3 amide bonds. The Morgan fingerprint density at radius 3 is 2.58 bits per heavy atom. The zero-order valence-electron chi connectivity index (χ0n) is 15.5. The van der Waals surface area contributed by atoms with Gasteiger partial charge in [0, 0.05) is 33.3 Å². The minimum atomic E-state index is -0.796. The van der Waals surface area contributed by atoms with Gasteiger partial charge in [-0.2, -0.15) is 0 Å². The van der Waals surface area contributed by atoms with Crippen LogP contribution in [0.4, 0.5) is 4.79 Å². The number of rotatable bonds is 3. The van der Waals surface area contributed by atoms with Crippen LogP contribution in [0.5, 0.6) is 0 Å². The molecular weight excluding hydrogens is 449 g/mol. The third-order valence-electron chi connectivity index (χ3n) is 5.66. The number of hydrogen-bond acceptors (Lipinski definition) is 4. The fraction of sp³-hybridized carbons (Fsp3) is 0.824. The van der Waals surface area contributed by atoms with E-state index < -0.39 is 5.54 Å². The lowest BCUT2D eigenvalue weighted by molar-refractivity contribution is -0.125. The summed E-state index contributed by atoms with van der Waals surface area (Å²) < 4.78 is 5.76. The fourth-order valence-electron chi connectivity index (χ4n) is 4.02. The standard InChI is InChI=1S/C17H29N5O3.HI/c1-17(14(23)20-16(24)21-17)12-6-8-22(9-7-12)15(18-2)19-11-13-5-3-4-10-25-13;/h12-13H,3-11H2,1-2H3,(H,18,19)(H2,20,21,23,24);1H. The molecule has 0 aromatic carbocycles. The third-order valence-corrected chi connectivity index (χ3v) is 5.66. The molecule has 3 aliphatic rings. The molecule has 3 fully saturated rings. The molecule has 148 valence electrons. The number of nitrogens with one attached hydrogen (secondary N) is 3. The van der Waals surface area contributed by atoms with E-state index in [4.69, 9.17) is 4.74 Å². The van der Waals surface area contributed by atoms with E-state index in [0.717, 1.165) is 57.9 Å². The van der Waals surface area contributed by atoms with Gasteiger partial charge in [0.2, 0.25) is 0 Å². The lowest BCUT2D eigenvalue weighted by Crippen LogP contribution is -2.55. The van der Waals surface area contributed by atoms with Crippen molar-refractivity contribution in [1.82, 2.24) is 20.9 Å². The first kappa shape index (κ1) is 21.2. The first-order valence-electron chi connectivity index (χ1n) is 9.23. The maximum atomic E-state index is 12.1. The zero-order valence-corrected chi connectivity index (χ0v) is 17.9. The average Bonchev–Trinajstić information content (AvgIpc) is 2.90. The summed E-state index contributed by atoms with van der Waals surface area (Å²) in [7, 11) is 1.79. The number of carbonyl (C=O) groups is 2. The Kier molecular flexibility index (Phi) is 7.51. The largest absolute Gasteiger partial charge is 0.376 e. The van der Waals surface area contributed by atoms with Crippen LogP contribution in [0.3, 0.4) is 0 Å². The van der Waals surface area contributed by atoms with Crippen LogP contribution in [0, 0.1) is 5.92 Å². The van der Waals surface area contributed by atoms with Crippen molar-refractivity contribution in [2.45, 2.75) is 50.7 Å². The lowest BCUT2D eigenvalue weighted by Gasteiger charge is -2.40. The van der Waals surface area contributed by atoms with Crippen molar-refractivity contribution in [3.63, 3.8) is 0 Å². The van der Waals surface area contributed by atoms with E-state index in [2.05, 4.69) is 25.8 Å². The number of hydrogen-bond donors (Lipinski definition) is 3. The summed E-state index contributed by atoms with van der Waals surface area (Å²) >= 11 is 0. The second kappa shape index (κ2) is 9.20. The Bertz CT molecular complexity index is 545. The smallest absolute Gasteiger partial charge is 0.322 e. The van der Waals surface area contributed by atoms with Gasteiger partial charge in [-0.3, -0.25) is 15.1 Å². The van der Waals surface area contributed by atoms with E-state index in [1.165, 1.54) is 6.42 Å². The molecule has 2 atom stereocenters.